The number of hydrogen-bond acceptors (Lipinski definition) is 3. The average Bonchev–Trinajstić information content (AvgIpc) is 2.86. The number of carbonyl (C=O) groups excluding carboxylic acids is 1. The van der Waals surface area contributed by atoms with E-state index >= 15 is 0 Å². The van der Waals surface area contributed by atoms with Crippen molar-refractivity contribution in [3.05, 3.63) is 58.1 Å². The van der Waals surface area contributed by atoms with Gasteiger partial charge in [-0.3, -0.25) is 9.78 Å². The van der Waals surface area contributed by atoms with Gasteiger partial charge in [0.1, 0.15) is 0 Å². The van der Waals surface area contributed by atoms with Crippen molar-refractivity contribution in [2.24, 2.45) is 0 Å². The van der Waals surface area contributed by atoms with E-state index in [-0.39, 0.29) is 5.78 Å². The van der Waals surface area contributed by atoms with Gasteiger partial charge in [-0.1, -0.05) is 13.0 Å². The van der Waals surface area contributed by atoms with Gasteiger partial charge >= 0.3 is 0 Å². The van der Waals surface area contributed by atoms with Gasteiger partial charge in [0.25, 0.3) is 0 Å². The van der Waals surface area contributed by atoms with E-state index in [1.54, 1.807) is 29.7 Å². The van der Waals surface area contributed by atoms with Crippen LogP contribution in [0.25, 0.3) is 6.08 Å². The molecule has 86 valence electrons. The molecule has 0 bridgehead atoms. The van der Waals surface area contributed by atoms with Crippen molar-refractivity contribution in [2.75, 3.05) is 0 Å². The minimum Gasteiger partial charge on any atom is -0.288 e. The van der Waals surface area contributed by atoms with Gasteiger partial charge < -0.3 is 0 Å². The molecule has 0 fully saturated rings. The highest BCUT2D eigenvalue weighted by Gasteiger charge is 2.04. The number of rotatable bonds is 4. The third-order valence-electron chi connectivity index (χ3n) is 2.35. The molecule has 2 heterocycles. The molecule has 2 aromatic rings. The summed E-state index contributed by atoms with van der Waals surface area (Å²) in [5, 5.41) is 0. The lowest BCUT2D eigenvalue weighted by Gasteiger charge is -1.91. The highest BCUT2D eigenvalue weighted by atomic mass is 32.1. The van der Waals surface area contributed by atoms with Crippen LogP contribution in [0.5, 0.6) is 0 Å². The van der Waals surface area contributed by atoms with Gasteiger partial charge in [0.2, 0.25) is 0 Å². The first-order chi connectivity index (χ1) is 8.29. The number of aryl methyl sites for hydroxylation is 1. The van der Waals surface area contributed by atoms with Crippen molar-refractivity contribution in [1.82, 2.24) is 4.98 Å². The Morgan fingerprint density at radius 3 is 2.88 bits per heavy atom. The summed E-state index contributed by atoms with van der Waals surface area (Å²) < 4.78 is 0. The van der Waals surface area contributed by atoms with E-state index in [2.05, 4.69) is 11.9 Å². The highest BCUT2D eigenvalue weighted by molar-refractivity contribution is 7.14. The average molecular weight is 243 g/mol. The Kier molecular flexibility index (Phi) is 3.83. The molecule has 0 aliphatic carbocycles. The maximum absolute atomic E-state index is 11.8. The number of pyridine rings is 1. The number of thiophene rings is 1. The number of nitrogens with zero attached hydrogens (tertiary/aromatic N) is 1. The Bertz CT molecular complexity index is 528. The molecule has 2 aromatic heterocycles. The van der Waals surface area contributed by atoms with Crippen molar-refractivity contribution >= 4 is 23.2 Å². The molecule has 0 saturated carbocycles. The third kappa shape index (κ3) is 3.11. The van der Waals surface area contributed by atoms with Gasteiger partial charge in [0.05, 0.1) is 10.6 Å². The van der Waals surface area contributed by atoms with E-state index in [0.29, 0.717) is 0 Å². The van der Waals surface area contributed by atoms with Crippen LogP contribution in [0.15, 0.2) is 42.6 Å². The number of aromatic nitrogens is 1. The molecular weight excluding hydrogens is 230 g/mol. The predicted octanol–water partition coefficient (Wildman–Crippen LogP) is 3.60. The molecule has 0 amide bonds. The number of allylic oxidation sites excluding steroid dienone is 1. The Morgan fingerprint density at radius 2 is 2.24 bits per heavy atom. The van der Waals surface area contributed by atoms with E-state index in [1.165, 1.54) is 4.88 Å². The zero-order valence-electron chi connectivity index (χ0n) is 9.59. The second-order valence-corrected chi connectivity index (χ2v) is 4.74. The maximum atomic E-state index is 11.8. The largest absolute Gasteiger partial charge is 0.288 e. The fraction of sp³-hybridized carbons (Fsp3) is 0.143. The van der Waals surface area contributed by atoms with Gasteiger partial charge in [0.15, 0.2) is 5.78 Å². The molecule has 0 aliphatic rings. The summed E-state index contributed by atoms with van der Waals surface area (Å²) in [6.07, 6.45) is 6.01. The topological polar surface area (TPSA) is 30.0 Å². The van der Waals surface area contributed by atoms with E-state index in [0.717, 1.165) is 17.0 Å². The van der Waals surface area contributed by atoms with E-state index < -0.39 is 0 Å². The number of ketones is 1. The Labute approximate surface area is 105 Å². The molecule has 0 unspecified atom stereocenters. The maximum Gasteiger partial charge on any atom is 0.195 e. The van der Waals surface area contributed by atoms with Crippen LogP contribution in [0.4, 0.5) is 0 Å². The van der Waals surface area contributed by atoms with Gasteiger partial charge in [-0.15, -0.1) is 11.3 Å². The summed E-state index contributed by atoms with van der Waals surface area (Å²) in [5.74, 6) is 0.0420. The van der Waals surface area contributed by atoms with Gasteiger partial charge in [-0.25, -0.2) is 0 Å². The van der Waals surface area contributed by atoms with Crippen LogP contribution in [-0.4, -0.2) is 10.8 Å². The zero-order valence-corrected chi connectivity index (χ0v) is 10.4. The van der Waals surface area contributed by atoms with Crippen LogP contribution in [-0.2, 0) is 6.42 Å². The summed E-state index contributed by atoms with van der Waals surface area (Å²) in [7, 11) is 0. The number of carbonyl (C=O) groups is 1. The van der Waals surface area contributed by atoms with Crippen molar-refractivity contribution in [3.63, 3.8) is 0 Å². The fourth-order valence-corrected chi connectivity index (χ4v) is 2.29. The van der Waals surface area contributed by atoms with Gasteiger partial charge in [-0.05, 0) is 42.8 Å². The molecule has 0 atom stereocenters. The second kappa shape index (κ2) is 5.55. The van der Waals surface area contributed by atoms with E-state index in [1.807, 2.05) is 30.3 Å². The standard InChI is InChI=1S/C14H13NOS/c1-2-12-7-9-14(17-12)13(16)8-6-11-5-3-4-10-15-11/h3-10H,2H2,1H3/b8-6+. The minimum absolute atomic E-state index is 0.0420. The Balaban J connectivity index is 2.09. The first-order valence-corrected chi connectivity index (χ1v) is 6.33. The van der Waals surface area contributed by atoms with Crippen molar-refractivity contribution in [2.45, 2.75) is 13.3 Å². The van der Waals surface area contributed by atoms with Crippen molar-refractivity contribution < 1.29 is 4.79 Å². The lowest BCUT2D eigenvalue weighted by molar-refractivity contribution is 0.105. The molecule has 0 saturated heterocycles. The monoisotopic (exact) mass is 243 g/mol. The lowest BCUT2D eigenvalue weighted by atomic mass is 10.2. The molecular formula is C14H13NOS. The molecule has 2 nitrogen and oxygen atoms in total. The van der Waals surface area contributed by atoms with Crippen LogP contribution < -0.4 is 0 Å². The molecule has 0 spiro atoms. The Hall–Kier alpha value is -1.74. The van der Waals surface area contributed by atoms with E-state index in [4.69, 9.17) is 0 Å². The molecule has 0 N–H and O–H groups in total. The summed E-state index contributed by atoms with van der Waals surface area (Å²) in [6, 6.07) is 9.51. The molecule has 17 heavy (non-hydrogen) atoms. The first kappa shape index (κ1) is 11.7. The molecule has 2 rings (SSSR count). The van der Waals surface area contributed by atoms with Crippen LogP contribution >= 0.6 is 11.3 Å². The van der Waals surface area contributed by atoms with E-state index in [9.17, 15) is 4.79 Å². The van der Waals surface area contributed by atoms with Crippen LogP contribution in [0, 0.1) is 0 Å². The smallest absolute Gasteiger partial charge is 0.195 e. The SMILES string of the molecule is CCc1ccc(C(=O)/C=C/c2ccccn2)s1. The summed E-state index contributed by atoms with van der Waals surface area (Å²) in [5.41, 5.74) is 0.799. The fourth-order valence-electron chi connectivity index (χ4n) is 1.42. The van der Waals surface area contributed by atoms with Crippen molar-refractivity contribution in [1.29, 1.82) is 0 Å². The summed E-state index contributed by atoms with van der Waals surface area (Å²) in [4.78, 5) is 18.0. The minimum atomic E-state index is 0.0420. The molecule has 0 aromatic carbocycles. The van der Waals surface area contributed by atoms with Gasteiger partial charge in [0, 0.05) is 11.1 Å². The highest BCUT2D eigenvalue weighted by Crippen LogP contribution is 2.18. The van der Waals surface area contributed by atoms with Gasteiger partial charge in [-0.2, -0.15) is 0 Å². The normalized spacial score (nSPS) is 10.9. The second-order valence-electron chi connectivity index (χ2n) is 3.57. The summed E-state index contributed by atoms with van der Waals surface area (Å²) >= 11 is 1.55. The quantitative estimate of drug-likeness (QED) is 0.606. The lowest BCUT2D eigenvalue weighted by Crippen LogP contribution is -1.89. The Morgan fingerprint density at radius 1 is 1.35 bits per heavy atom. The van der Waals surface area contributed by atoms with Crippen molar-refractivity contribution in [3.8, 4) is 0 Å². The summed E-state index contributed by atoms with van der Waals surface area (Å²) in [6.45, 7) is 2.09. The molecule has 3 heteroatoms. The first-order valence-electron chi connectivity index (χ1n) is 5.51. The molecule has 0 radical (unpaired) electrons. The third-order valence-corrected chi connectivity index (χ3v) is 3.59. The van der Waals surface area contributed by atoms with Crippen LogP contribution in [0.1, 0.15) is 27.2 Å². The number of hydrogen-bond donors (Lipinski definition) is 0. The predicted molar refractivity (Wildman–Crippen MR) is 71.3 cm³/mol. The van der Waals surface area contributed by atoms with Crippen LogP contribution in [0.3, 0.4) is 0 Å². The molecule has 0 aliphatic heterocycles. The zero-order chi connectivity index (χ0) is 12.1. The van der Waals surface area contributed by atoms with Crippen LogP contribution in [0.2, 0.25) is 0 Å².